The van der Waals surface area contributed by atoms with Crippen LogP contribution in [0.5, 0.6) is 0 Å². The number of para-hydroxylation sites is 1. The fraction of sp³-hybridized carbons (Fsp3) is 0.143. The molecule has 0 saturated carbocycles. The molecule has 4 heteroatoms. The predicted octanol–water partition coefficient (Wildman–Crippen LogP) is 3.06. The minimum Gasteiger partial charge on any atom is -0.370 e. The third kappa shape index (κ3) is 1.82. The Labute approximate surface area is 105 Å². The molecule has 90 valence electrons. The van der Waals surface area contributed by atoms with Crippen LogP contribution in [0, 0.1) is 0 Å². The Morgan fingerprint density at radius 3 is 3.00 bits per heavy atom. The van der Waals surface area contributed by atoms with Gasteiger partial charge in [0.25, 0.3) is 0 Å². The van der Waals surface area contributed by atoms with Crippen molar-refractivity contribution in [3.05, 3.63) is 42.6 Å². The summed E-state index contributed by atoms with van der Waals surface area (Å²) in [7, 11) is 0. The average molecular weight is 238 g/mol. The van der Waals surface area contributed by atoms with E-state index >= 15 is 0 Å². The second kappa shape index (κ2) is 4.49. The summed E-state index contributed by atoms with van der Waals surface area (Å²) in [6.07, 6.45) is 1.80. The number of fused-ring (bicyclic) bond motifs is 1. The van der Waals surface area contributed by atoms with Gasteiger partial charge in [-0.2, -0.15) is 5.10 Å². The molecule has 0 radical (unpaired) electrons. The first-order valence-corrected chi connectivity index (χ1v) is 6.02. The minimum atomic E-state index is 0.859. The topological polar surface area (TPSA) is 53.6 Å². The molecule has 0 bridgehead atoms. The quantitative estimate of drug-likeness (QED) is 0.737. The van der Waals surface area contributed by atoms with Crippen LogP contribution >= 0.6 is 0 Å². The first-order valence-electron chi connectivity index (χ1n) is 6.02. The van der Waals surface area contributed by atoms with Gasteiger partial charge in [0.1, 0.15) is 11.5 Å². The molecule has 0 fully saturated rings. The zero-order chi connectivity index (χ0) is 12.4. The second-order valence-electron chi connectivity index (χ2n) is 4.08. The SMILES string of the molecule is CCNc1cc(-c2n[nH]c3ccccc23)ccn1. The smallest absolute Gasteiger partial charge is 0.126 e. The van der Waals surface area contributed by atoms with Crippen LogP contribution in [0.15, 0.2) is 42.6 Å². The van der Waals surface area contributed by atoms with Crippen LogP contribution in [0.1, 0.15) is 6.92 Å². The maximum atomic E-state index is 4.39. The van der Waals surface area contributed by atoms with E-state index in [-0.39, 0.29) is 0 Å². The van der Waals surface area contributed by atoms with E-state index in [9.17, 15) is 0 Å². The molecular weight excluding hydrogens is 224 g/mol. The normalized spacial score (nSPS) is 10.7. The lowest BCUT2D eigenvalue weighted by Gasteiger charge is -2.03. The molecule has 2 heterocycles. The highest BCUT2D eigenvalue weighted by Gasteiger charge is 2.07. The maximum absolute atomic E-state index is 4.39. The minimum absolute atomic E-state index is 0.859. The van der Waals surface area contributed by atoms with E-state index in [0.717, 1.165) is 34.5 Å². The summed E-state index contributed by atoms with van der Waals surface area (Å²) in [4.78, 5) is 4.27. The number of hydrogen-bond acceptors (Lipinski definition) is 3. The second-order valence-corrected chi connectivity index (χ2v) is 4.08. The molecule has 3 aromatic rings. The van der Waals surface area contributed by atoms with Gasteiger partial charge in [-0.25, -0.2) is 4.98 Å². The molecule has 2 aromatic heterocycles. The third-order valence-corrected chi connectivity index (χ3v) is 2.86. The molecule has 0 saturated heterocycles. The van der Waals surface area contributed by atoms with Crippen LogP contribution < -0.4 is 5.32 Å². The molecule has 0 unspecified atom stereocenters. The van der Waals surface area contributed by atoms with Crippen molar-refractivity contribution < 1.29 is 0 Å². The van der Waals surface area contributed by atoms with Crippen LogP contribution in [-0.2, 0) is 0 Å². The first kappa shape index (κ1) is 10.8. The lowest BCUT2D eigenvalue weighted by atomic mass is 10.1. The van der Waals surface area contributed by atoms with Crippen LogP contribution in [0.2, 0.25) is 0 Å². The number of pyridine rings is 1. The Morgan fingerprint density at radius 2 is 2.11 bits per heavy atom. The summed E-state index contributed by atoms with van der Waals surface area (Å²) in [5.74, 6) is 0.877. The summed E-state index contributed by atoms with van der Waals surface area (Å²) >= 11 is 0. The van der Waals surface area contributed by atoms with Crippen molar-refractivity contribution in [2.75, 3.05) is 11.9 Å². The predicted molar refractivity (Wildman–Crippen MR) is 73.5 cm³/mol. The number of H-pyrrole nitrogens is 1. The zero-order valence-electron chi connectivity index (χ0n) is 10.1. The van der Waals surface area contributed by atoms with E-state index in [1.54, 1.807) is 6.20 Å². The summed E-state index contributed by atoms with van der Waals surface area (Å²) in [6.45, 7) is 2.91. The van der Waals surface area contributed by atoms with E-state index < -0.39 is 0 Å². The first-order chi connectivity index (χ1) is 8.88. The number of hydrogen-bond donors (Lipinski definition) is 2. The lowest BCUT2D eigenvalue weighted by Crippen LogP contribution is -1.98. The van der Waals surface area contributed by atoms with Crippen LogP contribution in [0.25, 0.3) is 22.2 Å². The summed E-state index contributed by atoms with van der Waals surface area (Å²) in [5.41, 5.74) is 3.08. The van der Waals surface area contributed by atoms with E-state index in [1.807, 2.05) is 30.3 Å². The largest absolute Gasteiger partial charge is 0.370 e. The molecule has 18 heavy (non-hydrogen) atoms. The fourth-order valence-corrected chi connectivity index (χ4v) is 2.04. The summed E-state index contributed by atoms with van der Waals surface area (Å²) in [6, 6.07) is 12.1. The van der Waals surface area contributed by atoms with Crippen molar-refractivity contribution in [3.63, 3.8) is 0 Å². The van der Waals surface area contributed by atoms with Crippen molar-refractivity contribution in [2.45, 2.75) is 6.92 Å². The number of nitrogens with zero attached hydrogens (tertiary/aromatic N) is 2. The van der Waals surface area contributed by atoms with E-state index in [1.165, 1.54) is 0 Å². The highest BCUT2D eigenvalue weighted by molar-refractivity contribution is 5.93. The van der Waals surface area contributed by atoms with Crippen molar-refractivity contribution >= 4 is 16.7 Å². The fourth-order valence-electron chi connectivity index (χ4n) is 2.04. The molecule has 1 aromatic carbocycles. The highest BCUT2D eigenvalue weighted by Crippen LogP contribution is 2.26. The third-order valence-electron chi connectivity index (χ3n) is 2.86. The molecular formula is C14H14N4. The van der Waals surface area contributed by atoms with Gasteiger partial charge in [-0.15, -0.1) is 0 Å². The van der Waals surface area contributed by atoms with Crippen molar-refractivity contribution in [2.24, 2.45) is 0 Å². The van der Waals surface area contributed by atoms with E-state index in [4.69, 9.17) is 0 Å². The number of aromatic nitrogens is 3. The van der Waals surface area contributed by atoms with Gasteiger partial charge in [-0.05, 0) is 25.1 Å². The Morgan fingerprint density at radius 1 is 1.22 bits per heavy atom. The average Bonchev–Trinajstić information content (AvgIpc) is 2.83. The number of aromatic amines is 1. The molecule has 0 aliphatic rings. The molecule has 2 N–H and O–H groups in total. The molecule has 0 aliphatic carbocycles. The van der Waals surface area contributed by atoms with Crippen molar-refractivity contribution in [3.8, 4) is 11.3 Å². The molecule has 4 nitrogen and oxygen atoms in total. The van der Waals surface area contributed by atoms with Gasteiger partial charge in [-0.3, -0.25) is 5.10 Å². The Balaban J connectivity index is 2.11. The van der Waals surface area contributed by atoms with Gasteiger partial charge in [0.2, 0.25) is 0 Å². The molecule has 0 spiro atoms. The van der Waals surface area contributed by atoms with E-state index in [0.29, 0.717) is 0 Å². The van der Waals surface area contributed by atoms with Crippen molar-refractivity contribution in [1.82, 2.24) is 15.2 Å². The van der Waals surface area contributed by atoms with Gasteiger partial charge in [-0.1, -0.05) is 18.2 Å². The van der Waals surface area contributed by atoms with Crippen LogP contribution in [0.3, 0.4) is 0 Å². The maximum Gasteiger partial charge on any atom is 0.126 e. The number of anilines is 1. The van der Waals surface area contributed by atoms with Gasteiger partial charge in [0, 0.05) is 23.7 Å². The summed E-state index contributed by atoms with van der Waals surface area (Å²) < 4.78 is 0. The summed E-state index contributed by atoms with van der Waals surface area (Å²) in [5, 5.41) is 11.8. The zero-order valence-corrected chi connectivity index (χ0v) is 10.1. The monoisotopic (exact) mass is 238 g/mol. The number of rotatable bonds is 3. The lowest BCUT2D eigenvalue weighted by molar-refractivity contribution is 1.12. The Hall–Kier alpha value is -2.36. The number of benzene rings is 1. The van der Waals surface area contributed by atoms with Crippen molar-refractivity contribution in [1.29, 1.82) is 0 Å². The van der Waals surface area contributed by atoms with Gasteiger partial charge < -0.3 is 5.32 Å². The van der Waals surface area contributed by atoms with Gasteiger partial charge in [0.05, 0.1) is 5.52 Å². The Bertz CT molecular complexity index is 672. The molecule has 0 aliphatic heterocycles. The number of nitrogens with one attached hydrogen (secondary N) is 2. The molecule has 0 amide bonds. The Kier molecular flexibility index (Phi) is 2.68. The molecule has 0 atom stereocenters. The van der Waals surface area contributed by atoms with Crippen LogP contribution in [0.4, 0.5) is 5.82 Å². The standard InChI is InChI=1S/C14H14N4/c1-2-15-13-9-10(7-8-16-13)14-11-5-3-4-6-12(11)17-18-14/h3-9H,2H2,1H3,(H,15,16)(H,17,18). The van der Waals surface area contributed by atoms with Gasteiger partial charge in [0.15, 0.2) is 0 Å². The highest BCUT2D eigenvalue weighted by atomic mass is 15.1. The van der Waals surface area contributed by atoms with Crippen LogP contribution in [-0.4, -0.2) is 21.7 Å². The van der Waals surface area contributed by atoms with E-state index in [2.05, 4.69) is 33.5 Å². The molecule has 3 rings (SSSR count). The van der Waals surface area contributed by atoms with Gasteiger partial charge >= 0.3 is 0 Å².